The lowest BCUT2D eigenvalue weighted by Crippen LogP contribution is -2.35. The van der Waals surface area contributed by atoms with Gasteiger partial charge >= 0.3 is 0 Å². The number of nitrogens with one attached hydrogen (secondary N) is 2. The van der Waals surface area contributed by atoms with Crippen LogP contribution < -0.4 is 15.4 Å². The van der Waals surface area contributed by atoms with E-state index in [1.54, 1.807) is 24.4 Å². The summed E-state index contributed by atoms with van der Waals surface area (Å²) in [6, 6.07) is 7.82. The quantitative estimate of drug-likeness (QED) is 0.802. The lowest BCUT2D eigenvalue weighted by atomic mass is 10.0. The summed E-state index contributed by atoms with van der Waals surface area (Å²) in [6.45, 7) is 1.54. The van der Waals surface area contributed by atoms with Crippen molar-refractivity contribution in [3.63, 3.8) is 0 Å². The monoisotopic (exact) mass is 415 g/mol. The van der Waals surface area contributed by atoms with Crippen LogP contribution in [-0.2, 0) is 4.74 Å². The van der Waals surface area contributed by atoms with Crippen molar-refractivity contribution < 1.29 is 18.7 Å². The number of pyridine rings is 1. The lowest BCUT2D eigenvalue weighted by Gasteiger charge is -2.26. The average molecular weight is 416 g/mol. The van der Waals surface area contributed by atoms with Gasteiger partial charge in [-0.15, -0.1) is 12.4 Å². The van der Waals surface area contributed by atoms with Crippen LogP contribution in [0.3, 0.4) is 0 Å². The zero-order chi connectivity index (χ0) is 18.5. The van der Waals surface area contributed by atoms with Crippen LogP contribution in [-0.4, -0.2) is 43.7 Å². The van der Waals surface area contributed by atoms with Gasteiger partial charge in [0, 0.05) is 26.3 Å². The highest BCUT2D eigenvalue weighted by atomic mass is 35.5. The average Bonchev–Trinajstić information content (AvgIpc) is 2.89. The highest BCUT2D eigenvalue weighted by Crippen LogP contribution is 2.29. The summed E-state index contributed by atoms with van der Waals surface area (Å²) in [4.78, 5) is 16.2. The number of carbonyl (C=O) groups is 1. The van der Waals surface area contributed by atoms with Gasteiger partial charge in [-0.05, 0) is 29.8 Å². The number of amides is 1. The molecule has 1 saturated heterocycles. The first-order valence-electron chi connectivity index (χ1n) is 8.21. The molecule has 2 atom stereocenters. The minimum Gasteiger partial charge on any atom is -0.469 e. The number of ether oxygens (including phenoxy) is 2. The van der Waals surface area contributed by atoms with E-state index in [1.165, 1.54) is 19.2 Å². The van der Waals surface area contributed by atoms with Crippen LogP contribution in [0.25, 0.3) is 0 Å². The van der Waals surface area contributed by atoms with Crippen molar-refractivity contribution in [2.75, 3.05) is 26.7 Å². The number of nitrogens with zero attached hydrogens (tertiary/aromatic N) is 1. The molecule has 1 amide bonds. The number of benzene rings is 1. The van der Waals surface area contributed by atoms with Gasteiger partial charge in [0.1, 0.15) is 23.6 Å². The van der Waals surface area contributed by atoms with Crippen LogP contribution in [0, 0.1) is 5.82 Å². The molecule has 2 N–H and O–H groups in total. The Morgan fingerprint density at radius 2 is 2.26 bits per heavy atom. The molecule has 1 aliphatic rings. The molecule has 1 aromatic carbocycles. The molecule has 27 heavy (non-hydrogen) atoms. The van der Waals surface area contributed by atoms with Crippen LogP contribution in [0.2, 0.25) is 5.02 Å². The van der Waals surface area contributed by atoms with Gasteiger partial charge < -0.3 is 20.1 Å². The van der Waals surface area contributed by atoms with Gasteiger partial charge in [0.2, 0.25) is 5.88 Å². The fourth-order valence-electron chi connectivity index (χ4n) is 2.76. The van der Waals surface area contributed by atoms with Crippen molar-refractivity contribution in [3.8, 4) is 5.88 Å². The molecule has 9 heteroatoms. The Labute approximate surface area is 167 Å². The van der Waals surface area contributed by atoms with E-state index in [4.69, 9.17) is 21.1 Å². The van der Waals surface area contributed by atoms with E-state index in [-0.39, 0.29) is 29.2 Å². The van der Waals surface area contributed by atoms with Crippen molar-refractivity contribution in [3.05, 3.63) is 58.5 Å². The molecule has 0 spiro atoms. The van der Waals surface area contributed by atoms with Crippen LogP contribution in [0.1, 0.15) is 22.0 Å². The second kappa shape index (κ2) is 9.85. The van der Waals surface area contributed by atoms with E-state index < -0.39 is 18.0 Å². The maximum atomic E-state index is 13.9. The number of hydrogen-bond donors (Lipinski definition) is 2. The number of hydrogen-bond acceptors (Lipinski definition) is 5. The summed E-state index contributed by atoms with van der Waals surface area (Å²) in [5.74, 6) is -0.624. The number of halogens is 3. The minimum absolute atomic E-state index is 0. The van der Waals surface area contributed by atoms with Crippen molar-refractivity contribution in [1.82, 2.24) is 15.6 Å². The van der Waals surface area contributed by atoms with E-state index in [1.807, 2.05) is 0 Å². The predicted molar refractivity (Wildman–Crippen MR) is 102 cm³/mol. The molecule has 0 saturated carbocycles. The van der Waals surface area contributed by atoms with Gasteiger partial charge in [-0.2, -0.15) is 0 Å². The number of carbonyl (C=O) groups excluding carboxylic acids is 1. The Balaban J connectivity index is 0.00000261. The molecule has 6 nitrogen and oxygen atoms in total. The molecule has 0 unspecified atom stereocenters. The molecular weight excluding hydrogens is 396 g/mol. The Morgan fingerprint density at radius 1 is 1.44 bits per heavy atom. The molecule has 1 aromatic heterocycles. The predicted octanol–water partition coefficient (Wildman–Crippen LogP) is 2.76. The van der Waals surface area contributed by atoms with Crippen LogP contribution in [0.15, 0.2) is 36.5 Å². The Morgan fingerprint density at radius 3 is 3.00 bits per heavy atom. The SMILES string of the molecule is CNC(=O)c1cccnc1O[C@@H]1CNCCO[C@H]1c1ccc(Cl)c(F)c1.Cl. The first kappa shape index (κ1) is 21.4. The highest BCUT2D eigenvalue weighted by Gasteiger charge is 2.30. The summed E-state index contributed by atoms with van der Waals surface area (Å²) >= 11 is 5.78. The Kier molecular flexibility index (Phi) is 7.79. The van der Waals surface area contributed by atoms with Crippen molar-refractivity contribution in [1.29, 1.82) is 0 Å². The largest absolute Gasteiger partial charge is 0.469 e. The summed E-state index contributed by atoms with van der Waals surface area (Å²) in [5.41, 5.74) is 0.929. The molecular formula is C18H20Cl2FN3O3. The van der Waals surface area contributed by atoms with E-state index in [0.29, 0.717) is 30.8 Å². The molecule has 2 aromatic rings. The Bertz CT molecular complexity index is 794. The maximum absolute atomic E-state index is 13.9. The van der Waals surface area contributed by atoms with Crippen LogP contribution in [0.4, 0.5) is 4.39 Å². The number of rotatable bonds is 4. The van der Waals surface area contributed by atoms with E-state index in [0.717, 1.165) is 0 Å². The third-order valence-electron chi connectivity index (χ3n) is 4.04. The lowest BCUT2D eigenvalue weighted by molar-refractivity contribution is -0.0105. The van der Waals surface area contributed by atoms with Crippen molar-refractivity contribution in [2.45, 2.75) is 12.2 Å². The third-order valence-corrected chi connectivity index (χ3v) is 4.34. The van der Waals surface area contributed by atoms with Crippen LogP contribution >= 0.6 is 24.0 Å². The summed E-state index contributed by atoms with van der Waals surface area (Å²) < 4.78 is 25.8. The zero-order valence-corrected chi connectivity index (χ0v) is 16.1. The fourth-order valence-corrected chi connectivity index (χ4v) is 2.87. The smallest absolute Gasteiger partial charge is 0.256 e. The molecule has 0 radical (unpaired) electrons. The maximum Gasteiger partial charge on any atom is 0.256 e. The van der Waals surface area contributed by atoms with Gasteiger partial charge in [-0.25, -0.2) is 9.37 Å². The molecule has 0 aliphatic carbocycles. The van der Waals surface area contributed by atoms with E-state index in [2.05, 4.69) is 15.6 Å². The highest BCUT2D eigenvalue weighted by molar-refractivity contribution is 6.30. The number of aromatic nitrogens is 1. The molecule has 1 fully saturated rings. The van der Waals surface area contributed by atoms with E-state index in [9.17, 15) is 9.18 Å². The van der Waals surface area contributed by atoms with Crippen molar-refractivity contribution >= 4 is 29.9 Å². The van der Waals surface area contributed by atoms with Gasteiger partial charge in [0.15, 0.2) is 0 Å². The molecule has 146 valence electrons. The minimum atomic E-state index is -0.531. The van der Waals surface area contributed by atoms with Gasteiger partial charge in [-0.1, -0.05) is 17.7 Å². The van der Waals surface area contributed by atoms with Gasteiger partial charge in [0.05, 0.1) is 11.6 Å². The second-order valence-corrected chi connectivity index (χ2v) is 6.17. The van der Waals surface area contributed by atoms with Crippen LogP contribution in [0.5, 0.6) is 5.88 Å². The topological polar surface area (TPSA) is 72.5 Å². The molecule has 1 aliphatic heterocycles. The standard InChI is InChI=1S/C18H19ClFN3O3.ClH/c1-21-17(24)12-3-2-6-23-18(12)26-15-10-22-7-8-25-16(15)11-4-5-13(19)14(20)9-11;/h2-6,9,15-16,22H,7-8,10H2,1H3,(H,21,24);1H/t15-,16+;/m1./s1. The van der Waals surface area contributed by atoms with Crippen molar-refractivity contribution in [2.24, 2.45) is 0 Å². The van der Waals surface area contributed by atoms with Gasteiger partial charge in [-0.3, -0.25) is 4.79 Å². The van der Waals surface area contributed by atoms with Gasteiger partial charge in [0.25, 0.3) is 5.91 Å². The third kappa shape index (κ3) is 5.07. The summed E-state index contributed by atoms with van der Waals surface area (Å²) in [6.07, 6.45) is 0.511. The van der Waals surface area contributed by atoms with E-state index >= 15 is 0 Å². The molecule has 2 heterocycles. The summed E-state index contributed by atoms with van der Waals surface area (Å²) in [7, 11) is 1.54. The first-order chi connectivity index (χ1) is 12.6. The molecule has 3 rings (SSSR count). The Hall–Kier alpha value is -1.93. The zero-order valence-electron chi connectivity index (χ0n) is 14.6. The fraction of sp³-hybridized carbons (Fsp3) is 0.333. The molecule has 0 bridgehead atoms. The summed E-state index contributed by atoms with van der Waals surface area (Å²) in [5, 5.41) is 5.81. The first-order valence-corrected chi connectivity index (χ1v) is 8.59. The second-order valence-electron chi connectivity index (χ2n) is 5.76. The normalized spacial score (nSPS) is 19.5.